The van der Waals surface area contributed by atoms with Gasteiger partial charge in [-0.05, 0) is 6.08 Å². The van der Waals surface area contributed by atoms with Crippen molar-refractivity contribution >= 4 is 17.8 Å². The molecule has 0 radical (unpaired) electrons. The third kappa shape index (κ3) is 0.737. The monoisotopic (exact) mass is 135 g/mol. The molecule has 0 aliphatic carbocycles. The van der Waals surface area contributed by atoms with E-state index in [0.717, 1.165) is 0 Å². The van der Waals surface area contributed by atoms with Gasteiger partial charge in [0.25, 0.3) is 5.90 Å². The van der Waals surface area contributed by atoms with E-state index in [1.807, 2.05) is 6.08 Å². The lowest BCUT2D eigenvalue weighted by Crippen LogP contribution is -2.13. The molecule has 0 aromatic rings. The normalized spacial score (nSPS) is 20.8. The first-order valence-corrected chi connectivity index (χ1v) is 2.94. The number of nitrogens with zero attached hydrogens (tertiary/aromatic N) is 3. The molecule has 0 N–H and O–H groups in total. The number of hydrogen-bond acceptors (Lipinski definition) is 4. The zero-order valence-electron chi connectivity index (χ0n) is 5.19. The second kappa shape index (κ2) is 2.06. The van der Waals surface area contributed by atoms with E-state index < -0.39 is 0 Å². The Labute approximate surface area is 57.6 Å². The van der Waals surface area contributed by atoms with E-state index in [-0.39, 0.29) is 0 Å². The summed E-state index contributed by atoms with van der Waals surface area (Å²) in [7, 11) is 0. The summed E-state index contributed by atoms with van der Waals surface area (Å²) in [4.78, 5) is 4.02. The van der Waals surface area contributed by atoms with Crippen LogP contribution in [0.5, 0.6) is 0 Å². The van der Waals surface area contributed by atoms with E-state index in [4.69, 9.17) is 4.74 Å². The first kappa shape index (κ1) is 5.34. The molecular weight excluding hydrogens is 130 g/mol. The summed E-state index contributed by atoms with van der Waals surface area (Å²) in [5.41, 5.74) is 0.703. The second-order valence-electron chi connectivity index (χ2n) is 1.86. The smallest absolute Gasteiger partial charge is 0.261 e. The third-order valence-corrected chi connectivity index (χ3v) is 1.18. The Morgan fingerprint density at radius 3 is 3.50 bits per heavy atom. The lowest BCUT2D eigenvalue weighted by atomic mass is 10.4. The maximum atomic E-state index is 5.13. The minimum absolute atomic E-state index is 0.519. The predicted octanol–water partition coefficient (Wildman–Crippen LogP) is 0.369. The van der Waals surface area contributed by atoms with Crippen LogP contribution >= 0.6 is 0 Å². The van der Waals surface area contributed by atoms with E-state index in [1.54, 1.807) is 12.4 Å². The van der Waals surface area contributed by atoms with Crippen LogP contribution < -0.4 is 0 Å². The van der Waals surface area contributed by atoms with Crippen molar-refractivity contribution in [2.75, 3.05) is 6.61 Å². The van der Waals surface area contributed by atoms with Crippen molar-refractivity contribution < 1.29 is 4.74 Å². The fraction of sp³-hybridized carbons (Fsp3) is 0.167. The molecule has 10 heavy (non-hydrogen) atoms. The van der Waals surface area contributed by atoms with Gasteiger partial charge in [0, 0.05) is 6.20 Å². The molecule has 2 aliphatic heterocycles. The second-order valence-corrected chi connectivity index (χ2v) is 1.86. The summed E-state index contributed by atoms with van der Waals surface area (Å²) in [6.07, 6.45) is 5.09. The Bertz CT molecular complexity index is 262. The molecule has 2 rings (SSSR count). The molecule has 0 atom stereocenters. The zero-order chi connectivity index (χ0) is 6.81. The summed E-state index contributed by atoms with van der Waals surface area (Å²) in [6.45, 7) is 0.523. The lowest BCUT2D eigenvalue weighted by Gasteiger charge is -1.96. The van der Waals surface area contributed by atoms with Crippen LogP contribution in [0.25, 0.3) is 0 Å². The van der Waals surface area contributed by atoms with Crippen LogP contribution in [0.2, 0.25) is 0 Å². The molecule has 4 nitrogen and oxygen atoms in total. The van der Waals surface area contributed by atoms with Gasteiger partial charge in [-0.15, -0.1) is 5.10 Å². The molecule has 0 saturated heterocycles. The molecule has 0 bridgehead atoms. The minimum Gasteiger partial charge on any atom is -0.471 e. The van der Waals surface area contributed by atoms with Gasteiger partial charge in [0.1, 0.15) is 12.3 Å². The molecule has 0 unspecified atom stereocenters. The average molecular weight is 135 g/mol. The Morgan fingerprint density at radius 1 is 1.50 bits per heavy atom. The van der Waals surface area contributed by atoms with E-state index in [0.29, 0.717) is 18.2 Å². The fourth-order valence-electron chi connectivity index (χ4n) is 0.737. The summed E-state index contributed by atoms with van der Waals surface area (Å²) in [5, 5.41) is 7.35. The molecule has 2 aliphatic rings. The Morgan fingerprint density at radius 2 is 2.50 bits per heavy atom. The van der Waals surface area contributed by atoms with Gasteiger partial charge in [0.15, 0.2) is 0 Å². The molecule has 0 aromatic carbocycles. The highest BCUT2D eigenvalue weighted by molar-refractivity contribution is 6.62. The van der Waals surface area contributed by atoms with Gasteiger partial charge >= 0.3 is 0 Å². The van der Waals surface area contributed by atoms with Gasteiger partial charge < -0.3 is 4.74 Å². The summed E-state index contributed by atoms with van der Waals surface area (Å²) in [5.74, 6) is 0.519. The van der Waals surface area contributed by atoms with E-state index in [1.165, 1.54) is 0 Å². The van der Waals surface area contributed by atoms with Crippen LogP contribution in [0.3, 0.4) is 0 Å². The van der Waals surface area contributed by atoms with Crippen molar-refractivity contribution in [3.63, 3.8) is 0 Å². The number of hydrogen-bond donors (Lipinski definition) is 0. The highest BCUT2D eigenvalue weighted by Gasteiger charge is 2.13. The van der Waals surface area contributed by atoms with Crippen molar-refractivity contribution in [2.45, 2.75) is 0 Å². The Kier molecular flexibility index (Phi) is 1.10. The molecule has 50 valence electrons. The van der Waals surface area contributed by atoms with Crippen molar-refractivity contribution in [1.82, 2.24) is 0 Å². The number of ether oxygens (including phenoxy) is 1. The van der Waals surface area contributed by atoms with Crippen LogP contribution in [0, 0.1) is 0 Å². The zero-order valence-corrected chi connectivity index (χ0v) is 5.19. The van der Waals surface area contributed by atoms with E-state index in [2.05, 4.69) is 15.2 Å². The SMILES string of the molecule is C1=CN=C2C=NN=C2OC1. The van der Waals surface area contributed by atoms with Crippen LogP contribution in [0.1, 0.15) is 0 Å². The minimum atomic E-state index is 0.519. The fourth-order valence-corrected chi connectivity index (χ4v) is 0.737. The van der Waals surface area contributed by atoms with Crippen LogP contribution in [-0.4, -0.2) is 24.4 Å². The van der Waals surface area contributed by atoms with E-state index in [9.17, 15) is 0 Å². The van der Waals surface area contributed by atoms with Gasteiger partial charge in [-0.25, -0.2) is 4.99 Å². The first-order valence-electron chi connectivity index (χ1n) is 2.94. The maximum Gasteiger partial charge on any atom is 0.261 e. The van der Waals surface area contributed by atoms with Crippen molar-refractivity contribution in [3.05, 3.63) is 12.3 Å². The molecule has 0 aromatic heterocycles. The molecule has 0 amide bonds. The number of fused-ring (bicyclic) bond motifs is 1. The van der Waals surface area contributed by atoms with Gasteiger partial charge in [-0.2, -0.15) is 5.10 Å². The molecular formula is C6H5N3O. The first-order chi connectivity index (χ1) is 4.97. The molecule has 2 heterocycles. The topological polar surface area (TPSA) is 46.3 Å². The average Bonchev–Trinajstić information content (AvgIpc) is 2.28. The lowest BCUT2D eigenvalue weighted by molar-refractivity contribution is 0.358. The van der Waals surface area contributed by atoms with Crippen LogP contribution in [0.15, 0.2) is 27.5 Å². The maximum absolute atomic E-state index is 5.13. The van der Waals surface area contributed by atoms with Gasteiger partial charge in [0.2, 0.25) is 0 Å². The highest BCUT2D eigenvalue weighted by atomic mass is 16.5. The van der Waals surface area contributed by atoms with Gasteiger partial charge in [0.05, 0.1) is 6.21 Å². The van der Waals surface area contributed by atoms with Crippen LogP contribution in [0.4, 0.5) is 0 Å². The van der Waals surface area contributed by atoms with Crippen molar-refractivity contribution in [1.29, 1.82) is 0 Å². The quantitative estimate of drug-likeness (QED) is 0.473. The van der Waals surface area contributed by atoms with Crippen molar-refractivity contribution in [2.24, 2.45) is 15.2 Å². The predicted molar refractivity (Wildman–Crippen MR) is 38.5 cm³/mol. The third-order valence-electron chi connectivity index (χ3n) is 1.18. The molecule has 0 fully saturated rings. The van der Waals surface area contributed by atoms with Gasteiger partial charge in [-0.3, -0.25) is 0 Å². The number of aliphatic imine (C=N–C) groups is 1. The standard InChI is InChI=1S/C6H5N3O/c1-2-7-5-4-8-9-6(5)10-3-1/h1-2,4H,3H2. The summed E-state index contributed by atoms with van der Waals surface area (Å²) >= 11 is 0. The molecule has 0 spiro atoms. The number of rotatable bonds is 0. The molecule has 0 saturated carbocycles. The Hall–Kier alpha value is -1.45. The largest absolute Gasteiger partial charge is 0.471 e. The summed E-state index contributed by atoms with van der Waals surface area (Å²) in [6, 6.07) is 0. The molecule has 4 heteroatoms. The van der Waals surface area contributed by atoms with Gasteiger partial charge in [-0.1, -0.05) is 0 Å². The highest BCUT2D eigenvalue weighted by Crippen LogP contribution is 1.99. The van der Waals surface area contributed by atoms with Crippen molar-refractivity contribution in [3.8, 4) is 0 Å². The van der Waals surface area contributed by atoms with E-state index >= 15 is 0 Å². The summed E-state index contributed by atoms with van der Waals surface area (Å²) < 4.78 is 5.13. The van der Waals surface area contributed by atoms with Crippen LogP contribution in [-0.2, 0) is 4.74 Å². The Balaban J connectivity index is 2.36.